The number of rotatable bonds is 4. The Kier molecular flexibility index (Phi) is 6.50. The van der Waals surface area contributed by atoms with Gasteiger partial charge in [-0.05, 0) is 61.6 Å². The van der Waals surface area contributed by atoms with Crippen LogP contribution in [0.2, 0.25) is 0 Å². The number of halogens is 5. The zero-order valence-corrected chi connectivity index (χ0v) is 21.7. The first-order chi connectivity index (χ1) is 18.1. The number of nitrogens with two attached hydrogens (primary N) is 1. The highest BCUT2D eigenvalue weighted by atomic mass is 32.2. The molecule has 2 aromatic rings. The molecule has 5 rings (SSSR count). The average Bonchev–Trinajstić information content (AvgIpc) is 2.85. The van der Waals surface area contributed by atoms with Crippen molar-refractivity contribution in [2.24, 2.45) is 17.6 Å². The van der Waals surface area contributed by atoms with Crippen molar-refractivity contribution in [1.29, 1.82) is 0 Å². The molecule has 15 heteroatoms. The van der Waals surface area contributed by atoms with Gasteiger partial charge in [0.25, 0.3) is 0 Å². The molecule has 2 fully saturated rings. The van der Waals surface area contributed by atoms with Crippen molar-refractivity contribution in [1.82, 2.24) is 4.72 Å². The molecule has 212 valence electrons. The SMILES string of the molecule is NC(=O)C[C@@H]1C[C@H]2[C@H](CC[C@@]3(S(=O)(=O)c4ccc(C(F)(F)F)cc4)c4c(F)ccc(F)c4OC[C@@H]23)NS1(=O)=O. The highest BCUT2D eigenvalue weighted by Crippen LogP contribution is 2.59. The fraction of sp³-hybridized carbons (Fsp3) is 0.458. The van der Waals surface area contributed by atoms with Crippen LogP contribution in [0.5, 0.6) is 5.75 Å². The lowest BCUT2D eigenvalue weighted by Crippen LogP contribution is -2.64. The van der Waals surface area contributed by atoms with E-state index in [1.807, 2.05) is 0 Å². The lowest BCUT2D eigenvalue weighted by Gasteiger charge is -2.54. The van der Waals surface area contributed by atoms with Crippen molar-refractivity contribution in [2.45, 2.75) is 52.8 Å². The molecule has 8 nitrogen and oxygen atoms in total. The summed E-state index contributed by atoms with van der Waals surface area (Å²) in [5, 5.41) is -1.31. The van der Waals surface area contributed by atoms with Gasteiger partial charge >= 0.3 is 6.18 Å². The standard InChI is InChI=1S/C24H23F5N2O6S2/c25-17-5-6-18(26)22-21(17)23(38(33,34)13-3-1-12(2-4-13)24(27,28)29)8-7-19-15(16(23)11-37-22)9-14(10-20(30)32)39(35,36)31-19/h1-6,14-16,19,31H,7-11H2,(H2,30,32)/t14-,15+,16-,19-,23-/m0/s1. The van der Waals surface area contributed by atoms with Crippen LogP contribution in [0.4, 0.5) is 22.0 Å². The Hall–Kier alpha value is -2.78. The molecule has 1 saturated heterocycles. The van der Waals surface area contributed by atoms with Crippen LogP contribution in [0.15, 0.2) is 41.3 Å². The van der Waals surface area contributed by atoms with E-state index < -0.39 is 106 Å². The van der Waals surface area contributed by atoms with Crippen LogP contribution in [0.3, 0.4) is 0 Å². The summed E-state index contributed by atoms with van der Waals surface area (Å²) in [7, 11) is -8.75. The number of carbonyl (C=O) groups excluding carboxylic acids is 1. The van der Waals surface area contributed by atoms with E-state index in [-0.39, 0.29) is 19.3 Å². The maximum absolute atomic E-state index is 15.5. The van der Waals surface area contributed by atoms with Crippen LogP contribution < -0.4 is 15.2 Å². The summed E-state index contributed by atoms with van der Waals surface area (Å²) in [6, 6.07) is 3.42. The van der Waals surface area contributed by atoms with E-state index in [0.29, 0.717) is 12.1 Å². The molecule has 1 amide bonds. The second kappa shape index (κ2) is 9.13. The summed E-state index contributed by atoms with van der Waals surface area (Å²) in [6.07, 6.45) is -5.99. The summed E-state index contributed by atoms with van der Waals surface area (Å²) < 4.78 is 130. The third kappa shape index (κ3) is 4.29. The number of hydrogen-bond donors (Lipinski definition) is 2. The molecule has 0 spiro atoms. The minimum atomic E-state index is -4.74. The van der Waals surface area contributed by atoms with Crippen molar-refractivity contribution in [3.63, 3.8) is 0 Å². The van der Waals surface area contributed by atoms with Gasteiger partial charge in [0, 0.05) is 18.4 Å². The molecule has 2 aliphatic heterocycles. The largest absolute Gasteiger partial charge is 0.490 e. The maximum atomic E-state index is 15.5. The van der Waals surface area contributed by atoms with Crippen molar-refractivity contribution in [3.05, 3.63) is 59.2 Å². The Labute approximate surface area is 220 Å². The molecule has 2 heterocycles. The van der Waals surface area contributed by atoms with Crippen molar-refractivity contribution in [2.75, 3.05) is 6.61 Å². The first kappa shape index (κ1) is 27.8. The van der Waals surface area contributed by atoms with Crippen molar-refractivity contribution >= 4 is 25.8 Å². The van der Waals surface area contributed by atoms with Crippen LogP contribution in [-0.4, -0.2) is 40.6 Å². The molecule has 3 N–H and O–H groups in total. The maximum Gasteiger partial charge on any atom is 0.416 e. The topological polar surface area (TPSA) is 133 Å². The zero-order valence-electron chi connectivity index (χ0n) is 20.0. The number of amides is 1. The number of benzene rings is 2. The van der Waals surface area contributed by atoms with E-state index in [1.54, 1.807) is 0 Å². The summed E-state index contributed by atoms with van der Waals surface area (Å²) in [5.74, 6) is -5.59. The molecular formula is C24H23F5N2O6S2. The number of sulfonamides is 1. The molecule has 39 heavy (non-hydrogen) atoms. The third-order valence-electron chi connectivity index (χ3n) is 8.04. The first-order valence-corrected chi connectivity index (χ1v) is 14.9. The predicted molar refractivity (Wildman–Crippen MR) is 126 cm³/mol. The van der Waals surface area contributed by atoms with Crippen LogP contribution >= 0.6 is 0 Å². The van der Waals surface area contributed by atoms with E-state index in [2.05, 4.69) is 4.72 Å². The zero-order chi connectivity index (χ0) is 28.5. The molecule has 0 radical (unpaired) electrons. The number of hydrogen-bond acceptors (Lipinski definition) is 6. The van der Waals surface area contributed by atoms with Crippen LogP contribution in [0.1, 0.15) is 36.8 Å². The van der Waals surface area contributed by atoms with Gasteiger partial charge < -0.3 is 10.5 Å². The van der Waals surface area contributed by atoms with Gasteiger partial charge in [-0.25, -0.2) is 30.3 Å². The highest BCUT2D eigenvalue weighted by molar-refractivity contribution is 7.92. The minimum absolute atomic E-state index is 0.112. The number of nitrogens with one attached hydrogen (secondary N) is 1. The second-order valence-electron chi connectivity index (χ2n) is 10.1. The van der Waals surface area contributed by atoms with E-state index >= 15 is 4.39 Å². The number of fused-ring (bicyclic) bond motifs is 5. The molecule has 0 unspecified atom stereocenters. The fourth-order valence-corrected chi connectivity index (χ4v) is 10.5. The van der Waals surface area contributed by atoms with Crippen LogP contribution in [0.25, 0.3) is 0 Å². The van der Waals surface area contributed by atoms with Crippen LogP contribution in [0, 0.1) is 23.5 Å². The molecule has 3 aliphatic rings. The number of alkyl halides is 3. The number of primary amides is 1. The fourth-order valence-electron chi connectivity index (χ4n) is 6.34. The lowest BCUT2D eigenvalue weighted by atomic mass is 9.64. The number of ether oxygens (including phenoxy) is 1. The van der Waals surface area contributed by atoms with Gasteiger partial charge in [0.2, 0.25) is 15.9 Å². The number of carbonyl (C=O) groups is 1. The smallest absolute Gasteiger partial charge is 0.416 e. The van der Waals surface area contributed by atoms with Crippen LogP contribution in [-0.2, 0) is 35.6 Å². The molecule has 2 aromatic carbocycles. The van der Waals surface area contributed by atoms with Gasteiger partial charge in [0.05, 0.1) is 27.9 Å². The Morgan fingerprint density at radius 3 is 2.36 bits per heavy atom. The van der Waals surface area contributed by atoms with E-state index in [0.717, 1.165) is 24.3 Å². The summed E-state index contributed by atoms with van der Waals surface area (Å²) in [4.78, 5) is 11.0. The van der Waals surface area contributed by atoms with Crippen molar-refractivity contribution in [3.8, 4) is 5.75 Å². The van der Waals surface area contributed by atoms with Gasteiger partial charge in [-0.2, -0.15) is 13.2 Å². The monoisotopic (exact) mass is 594 g/mol. The third-order valence-corrected chi connectivity index (χ3v) is 12.5. The predicted octanol–water partition coefficient (Wildman–Crippen LogP) is 3.01. The first-order valence-electron chi connectivity index (χ1n) is 11.9. The summed E-state index contributed by atoms with van der Waals surface area (Å²) >= 11 is 0. The molecule has 0 aromatic heterocycles. The molecule has 0 bridgehead atoms. The lowest BCUT2D eigenvalue weighted by molar-refractivity contribution is -0.137. The van der Waals surface area contributed by atoms with Gasteiger partial charge in [0.15, 0.2) is 21.4 Å². The van der Waals surface area contributed by atoms with Gasteiger partial charge in [-0.1, -0.05) is 0 Å². The second-order valence-corrected chi connectivity index (χ2v) is 14.3. The summed E-state index contributed by atoms with van der Waals surface area (Å²) in [5.41, 5.74) is 3.55. The summed E-state index contributed by atoms with van der Waals surface area (Å²) in [6.45, 7) is -0.445. The Balaban J connectivity index is 1.70. The number of sulfone groups is 1. The van der Waals surface area contributed by atoms with Gasteiger partial charge in [-0.3, -0.25) is 4.79 Å². The molecule has 5 atom stereocenters. The van der Waals surface area contributed by atoms with Gasteiger partial charge in [0.1, 0.15) is 10.6 Å². The Bertz CT molecular complexity index is 1550. The van der Waals surface area contributed by atoms with Crippen molar-refractivity contribution < 1.29 is 48.3 Å². The molecule has 1 aliphatic carbocycles. The highest BCUT2D eigenvalue weighted by Gasteiger charge is 2.64. The minimum Gasteiger partial charge on any atom is -0.490 e. The van der Waals surface area contributed by atoms with E-state index in [1.165, 1.54) is 0 Å². The Morgan fingerprint density at radius 2 is 1.74 bits per heavy atom. The average molecular weight is 595 g/mol. The molecular weight excluding hydrogens is 571 g/mol. The normalized spacial score (nSPS) is 29.9. The van der Waals surface area contributed by atoms with E-state index in [9.17, 15) is 39.2 Å². The Morgan fingerprint density at radius 1 is 1.10 bits per heavy atom. The van der Waals surface area contributed by atoms with E-state index in [4.69, 9.17) is 10.5 Å². The quantitative estimate of drug-likeness (QED) is 0.523. The molecule has 1 saturated carbocycles. The van der Waals surface area contributed by atoms with Gasteiger partial charge in [-0.15, -0.1) is 0 Å².